The van der Waals surface area contributed by atoms with E-state index in [0.717, 1.165) is 19.4 Å². The molecule has 1 unspecified atom stereocenters. The number of hydrogen-bond donors (Lipinski definition) is 2. The molecule has 2 N–H and O–H groups in total. The Morgan fingerprint density at radius 2 is 2.26 bits per heavy atom. The molecule has 1 aromatic carbocycles. The number of ether oxygens (including phenoxy) is 2. The molecule has 23 heavy (non-hydrogen) atoms. The van der Waals surface area contributed by atoms with Crippen molar-refractivity contribution in [2.24, 2.45) is 5.10 Å². The van der Waals surface area contributed by atoms with E-state index >= 15 is 0 Å². The fourth-order valence-electron chi connectivity index (χ4n) is 2.21. The summed E-state index contributed by atoms with van der Waals surface area (Å²) in [6.07, 6.45) is 2.24. The van der Waals surface area contributed by atoms with E-state index in [0.29, 0.717) is 22.9 Å². The summed E-state index contributed by atoms with van der Waals surface area (Å²) in [4.78, 5) is 0. The number of nitrogens with one attached hydrogen (secondary N) is 2. The topological polar surface area (TPSA) is 54.9 Å². The van der Waals surface area contributed by atoms with Gasteiger partial charge in [0.1, 0.15) is 5.75 Å². The van der Waals surface area contributed by atoms with E-state index in [4.69, 9.17) is 17.0 Å². The number of hydrazone groups is 1. The van der Waals surface area contributed by atoms with Crippen LogP contribution in [-0.4, -0.2) is 36.7 Å². The molecular weight excluding hydrogens is 324 g/mol. The van der Waals surface area contributed by atoms with E-state index in [-0.39, 0.29) is 11.9 Å². The van der Waals surface area contributed by atoms with E-state index in [1.165, 1.54) is 6.07 Å². The standard InChI is InChI=1S/C15H19F2N3O2S/c1-10(12-6-2-3-7-13(12)22-14(16)17)19-20-15(23)18-9-11-5-4-8-21-11/h2-3,6-7,11,14H,4-5,8-9H2,1H3,(H2,18,20,23)/b19-10+. The zero-order chi connectivity index (χ0) is 16.7. The molecule has 8 heteroatoms. The van der Waals surface area contributed by atoms with Gasteiger partial charge in [-0.1, -0.05) is 12.1 Å². The molecular formula is C15H19F2N3O2S. The molecule has 1 aliphatic rings. The first-order valence-corrected chi connectivity index (χ1v) is 7.71. The maximum Gasteiger partial charge on any atom is 0.387 e. The molecule has 0 saturated carbocycles. The van der Waals surface area contributed by atoms with Crippen molar-refractivity contribution in [1.82, 2.24) is 10.7 Å². The zero-order valence-corrected chi connectivity index (χ0v) is 13.5. The van der Waals surface area contributed by atoms with Gasteiger partial charge in [-0.15, -0.1) is 0 Å². The monoisotopic (exact) mass is 343 g/mol. The molecule has 1 aromatic rings. The van der Waals surface area contributed by atoms with Crippen LogP contribution in [0.3, 0.4) is 0 Å². The summed E-state index contributed by atoms with van der Waals surface area (Å²) in [5.41, 5.74) is 3.66. The van der Waals surface area contributed by atoms with Crippen molar-refractivity contribution in [3.63, 3.8) is 0 Å². The van der Waals surface area contributed by atoms with Crippen molar-refractivity contribution in [2.75, 3.05) is 13.2 Å². The number of thiocarbonyl (C=S) groups is 1. The largest absolute Gasteiger partial charge is 0.434 e. The maximum absolute atomic E-state index is 12.4. The minimum absolute atomic E-state index is 0.0729. The molecule has 5 nitrogen and oxygen atoms in total. The van der Waals surface area contributed by atoms with Crippen LogP contribution >= 0.6 is 12.2 Å². The molecule has 0 radical (unpaired) electrons. The Morgan fingerprint density at radius 1 is 1.48 bits per heavy atom. The minimum Gasteiger partial charge on any atom is -0.434 e. The predicted molar refractivity (Wildman–Crippen MR) is 88.0 cm³/mol. The average molecular weight is 343 g/mol. The van der Waals surface area contributed by atoms with Crippen LogP contribution in [0.2, 0.25) is 0 Å². The van der Waals surface area contributed by atoms with Crippen LogP contribution < -0.4 is 15.5 Å². The third-order valence-electron chi connectivity index (χ3n) is 3.33. The number of hydrogen-bond acceptors (Lipinski definition) is 4. The van der Waals surface area contributed by atoms with Crippen LogP contribution in [0.4, 0.5) is 8.78 Å². The Hall–Kier alpha value is -1.80. The van der Waals surface area contributed by atoms with Crippen LogP contribution in [0.15, 0.2) is 29.4 Å². The first-order valence-electron chi connectivity index (χ1n) is 7.30. The smallest absolute Gasteiger partial charge is 0.387 e. The third kappa shape index (κ3) is 5.72. The van der Waals surface area contributed by atoms with E-state index in [9.17, 15) is 8.78 Å². The van der Waals surface area contributed by atoms with Gasteiger partial charge in [0.25, 0.3) is 0 Å². The summed E-state index contributed by atoms with van der Waals surface area (Å²) in [5.74, 6) is 0.0729. The number of alkyl halides is 2. The molecule has 0 amide bonds. The van der Waals surface area contributed by atoms with Gasteiger partial charge in [-0.2, -0.15) is 13.9 Å². The van der Waals surface area contributed by atoms with Gasteiger partial charge >= 0.3 is 6.61 Å². The summed E-state index contributed by atoms with van der Waals surface area (Å²) in [6.45, 7) is 0.200. The first kappa shape index (κ1) is 17.6. The van der Waals surface area contributed by atoms with Gasteiger partial charge in [0.05, 0.1) is 11.8 Å². The average Bonchev–Trinajstić information content (AvgIpc) is 3.04. The van der Waals surface area contributed by atoms with Crippen molar-refractivity contribution in [2.45, 2.75) is 32.5 Å². The Morgan fingerprint density at radius 3 is 2.96 bits per heavy atom. The Labute approximate surface area is 139 Å². The fourth-order valence-corrected chi connectivity index (χ4v) is 2.34. The summed E-state index contributed by atoms with van der Waals surface area (Å²) < 4.78 is 34.8. The van der Waals surface area contributed by atoms with E-state index in [1.807, 2.05) is 0 Å². The lowest BCUT2D eigenvalue weighted by Gasteiger charge is -2.13. The molecule has 1 aliphatic heterocycles. The lowest BCUT2D eigenvalue weighted by Crippen LogP contribution is -2.37. The van der Waals surface area contributed by atoms with Gasteiger partial charge < -0.3 is 14.8 Å². The normalized spacial score (nSPS) is 18.1. The van der Waals surface area contributed by atoms with Crippen molar-refractivity contribution in [3.8, 4) is 5.75 Å². The summed E-state index contributed by atoms with van der Waals surface area (Å²) in [5, 5.41) is 7.47. The zero-order valence-electron chi connectivity index (χ0n) is 12.7. The van der Waals surface area contributed by atoms with Crippen molar-refractivity contribution < 1.29 is 18.3 Å². The van der Waals surface area contributed by atoms with Gasteiger partial charge in [0, 0.05) is 18.7 Å². The quantitative estimate of drug-likeness (QED) is 0.472. The first-order chi connectivity index (χ1) is 11.1. The van der Waals surface area contributed by atoms with Crippen LogP contribution in [0.1, 0.15) is 25.3 Å². The summed E-state index contributed by atoms with van der Waals surface area (Å²) in [7, 11) is 0. The Kier molecular flexibility index (Phi) is 6.66. The highest BCUT2D eigenvalue weighted by atomic mass is 32.1. The van der Waals surface area contributed by atoms with Crippen molar-refractivity contribution in [3.05, 3.63) is 29.8 Å². The van der Waals surface area contributed by atoms with Gasteiger partial charge in [-0.25, -0.2) is 0 Å². The van der Waals surface area contributed by atoms with Gasteiger partial charge in [-0.3, -0.25) is 5.43 Å². The van der Waals surface area contributed by atoms with Crippen LogP contribution in [0, 0.1) is 0 Å². The van der Waals surface area contributed by atoms with Crippen molar-refractivity contribution >= 4 is 23.0 Å². The summed E-state index contributed by atoms with van der Waals surface area (Å²) in [6, 6.07) is 6.46. The van der Waals surface area contributed by atoms with E-state index in [1.54, 1.807) is 25.1 Å². The molecule has 0 aliphatic carbocycles. The van der Waals surface area contributed by atoms with E-state index < -0.39 is 6.61 Å². The molecule has 1 fully saturated rings. The maximum atomic E-state index is 12.4. The minimum atomic E-state index is -2.88. The highest BCUT2D eigenvalue weighted by Crippen LogP contribution is 2.20. The highest BCUT2D eigenvalue weighted by molar-refractivity contribution is 7.80. The van der Waals surface area contributed by atoms with E-state index in [2.05, 4.69) is 20.6 Å². The molecule has 0 spiro atoms. The number of benzene rings is 1. The lowest BCUT2D eigenvalue weighted by molar-refractivity contribution is -0.0499. The molecule has 1 saturated heterocycles. The van der Waals surface area contributed by atoms with Crippen LogP contribution in [-0.2, 0) is 4.74 Å². The third-order valence-corrected chi connectivity index (χ3v) is 3.57. The number of rotatable bonds is 6. The number of halogens is 2. The molecule has 1 atom stereocenters. The van der Waals surface area contributed by atoms with Crippen LogP contribution in [0.5, 0.6) is 5.75 Å². The molecule has 126 valence electrons. The number of para-hydroxylation sites is 1. The molecule has 0 bridgehead atoms. The molecule has 2 rings (SSSR count). The van der Waals surface area contributed by atoms with Gasteiger partial charge in [0.15, 0.2) is 5.11 Å². The van der Waals surface area contributed by atoms with Crippen LogP contribution in [0.25, 0.3) is 0 Å². The second kappa shape index (κ2) is 8.73. The second-order valence-corrected chi connectivity index (χ2v) is 5.44. The number of nitrogens with zero attached hydrogens (tertiary/aromatic N) is 1. The van der Waals surface area contributed by atoms with Gasteiger partial charge in [0.2, 0.25) is 0 Å². The highest BCUT2D eigenvalue weighted by Gasteiger charge is 2.15. The Balaban J connectivity index is 1.90. The lowest BCUT2D eigenvalue weighted by atomic mass is 10.1. The predicted octanol–water partition coefficient (Wildman–Crippen LogP) is 2.66. The SMILES string of the molecule is C/C(=N\NC(=S)NCC1CCCO1)c1ccccc1OC(F)F. The molecule has 0 aromatic heterocycles. The van der Waals surface area contributed by atoms with Crippen molar-refractivity contribution in [1.29, 1.82) is 0 Å². The van der Waals surface area contributed by atoms with Gasteiger partial charge in [-0.05, 0) is 44.1 Å². The second-order valence-electron chi connectivity index (χ2n) is 5.03. The summed E-state index contributed by atoms with van der Waals surface area (Å²) >= 11 is 5.12. The Bertz CT molecular complexity index is 563. The fraction of sp³-hybridized carbons (Fsp3) is 0.467. The molecule has 1 heterocycles.